The largest absolute Gasteiger partial charge is 0.439 e. The number of hydrogen-bond acceptors (Lipinski definition) is 4. The number of carbonyl (C=O) groups is 2. The minimum absolute atomic E-state index is 0.0452. The van der Waals surface area contributed by atoms with Gasteiger partial charge in [0.05, 0.1) is 12.5 Å². The van der Waals surface area contributed by atoms with Gasteiger partial charge in [0.15, 0.2) is 5.58 Å². The van der Waals surface area contributed by atoms with Crippen molar-refractivity contribution in [3.05, 3.63) is 29.7 Å². The Balaban J connectivity index is 1.69. The summed E-state index contributed by atoms with van der Waals surface area (Å²) in [5.41, 5.74) is 2.73. The number of nitrogens with one attached hydrogen (secondary N) is 2. The summed E-state index contributed by atoms with van der Waals surface area (Å²) in [5.74, 6) is -0.0706. The van der Waals surface area contributed by atoms with Crippen LogP contribution in [0.4, 0.5) is 0 Å². The molecule has 1 aromatic heterocycles. The van der Waals surface area contributed by atoms with E-state index in [4.69, 9.17) is 4.42 Å². The van der Waals surface area contributed by atoms with Crippen molar-refractivity contribution in [3.8, 4) is 0 Å². The highest BCUT2D eigenvalue weighted by atomic mass is 16.3. The first-order chi connectivity index (χ1) is 10.8. The number of hydrogen-bond donors (Lipinski definition) is 2. The van der Waals surface area contributed by atoms with Gasteiger partial charge in [-0.3, -0.25) is 9.59 Å². The summed E-state index contributed by atoms with van der Waals surface area (Å²) in [7, 11) is 0. The molecule has 1 saturated heterocycles. The molecule has 1 unspecified atom stereocenters. The predicted octanol–water partition coefficient (Wildman–Crippen LogP) is 1.88. The van der Waals surface area contributed by atoms with Gasteiger partial charge in [-0.25, -0.2) is 4.98 Å². The first-order valence-electron chi connectivity index (χ1n) is 7.77. The van der Waals surface area contributed by atoms with Crippen molar-refractivity contribution in [1.82, 2.24) is 15.6 Å². The monoisotopic (exact) mass is 315 g/mol. The van der Waals surface area contributed by atoms with Gasteiger partial charge >= 0.3 is 0 Å². The quantitative estimate of drug-likeness (QED) is 0.906. The molecule has 2 N–H and O–H groups in total. The van der Waals surface area contributed by atoms with E-state index in [1.54, 1.807) is 0 Å². The molecule has 0 radical (unpaired) electrons. The molecule has 1 aliphatic rings. The smallest absolute Gasteiger partial charge is 0.225 e. The summed E-state index contributed by atoms with van der Waals surface area (Å²) < 4.78 is 5.66. The fourth-order valence-electron chi connectivity index (χ4n) is 2.61. The molecule has 0 saturated carbocycles. The second kappa shape index (κ2) is 5.68. The summed E-state index contributed by atoms with van der Waals surface area (Å²) in [5, 5.41) is 5.43. The van der Waals surface area contributed by atoms with Gasteiger partial charge in [-0.15, -0.1) is 0 Å². The zero-order chi connectivity index (χ0) is 16.6. The number of carbonyl (C=O) groups excluding carboxylic acids is 2. The van der Waals surface area contributed by atoms with E-state index in [0.717, 1.165) is 5.52 Å². The lowest BCUT2D eigenvalue weighted by atomic mass is 9.87. The van der Waals surface area contributed by atoms with Gasteiger partial charge in [-0.2, -0.15) is 0 Å². The molecule has 122 valence electrons. The second-order valence-corrected chi connectivity index (χ2v) is 6.96. The lowest BCUT2D eigenvalue weighted by Gasteiger charge is -2.18. The van der Waals surface area contributed by atoms with Crippen LogP contribution in [0.5, 0.6) is 0 Å². The lowest BCUT2D eigenvalue weighted by molar-refractivity contribution is -0.126. The van der Waals surface area contributed by atoms with Crippen molar-refractivity contribution in [2.75, 3.05) is 6.54 Å². The molecule has 2 amide bonds. The molecule has 0 bridgehead atoms. The normalized spacial score (nSPS) is 18.2. The topological polar surface area (TPSA) is 84.2 Å². The van der Waals surface area contributed by atoms with E-state index in [1.165, 1.54) is 5.56 Å². The highest BCUT2D eigenvalue weighted by molar-refractivity contribution is 5.89. The van der Waals surface area contributed by atoms with Gasteiger partial charge in [0.1, 0.15) is 5.52 Å². The Hall–Kier alpha value is -2.37. The molecule has 6 heteroatoms. The van der Waals surface area contributed by atoms with E-state index in [-0.39, 0.29) is 36.1 Å². The Morgan fingerprint density at radius 2 is 2.22 bits per heavy atom. The maximum Gasteiger partial charge on any atom is 0.225 e. The van der Waals surface area contributed by atoms with E-state index < -0.39 is 0 Å². The third-order valence-corrected chi connectivity index (χ3v) is 4.06. The number of rotatable bonds is 3. The lowest BCUT2D eigenvalue weighted by Crippen LogP contribution is -2.31. The van der Waals surface area contributed by atoms with Crippen LogP contribution in [0.2, 0.25) is 0 Å². The van der Waals surface area contributed by atoms with Gasteiger partial charge in [-0.05, 0) is 23.1 Å². The maximum atomic E-state index is 12.0. The van der Waals surface area contributed by atoms with Crippen molar-refractivity contribution in [3.63, 3.8) is 0 Å². The van der Waals surface area contributed by atoms with Gasteiger partial charge in [0.25, 0.3) is 0 Å². The SMILES string of the molecule is CC(C)(C)c1ccc2oc(CNC(=O)C3CNC(=O)C3)nc2c1. The average molecular weight is 315 g/mol. The number of amides is 2. The van der Waals surface area contributed by atoms with E-state index >= 15 is 0 Å². The van der Waals surface area contributed by atoms with Crippen LogP contribution in [0.3, 0.4) is 0 Å². The zero-order valence-electron chi connectivity index (χ0n) is 13.6. The van der Waals surface area contributed by atoms with Crippen LogP contribution in [0.1, 0.15) is 38.6 Å². The minimum Gasteiger partial charge on any atom is -0.439 e. The fraction of sp³-hybridized carbons (Fsp3) is 0.471. The molecule has 3 rings (SSSR count). The van der Waals surface area contributed by atoms with Crippen LogP contribution in [-0.2, 0) is 21.5 Å². The van der Waals surface area contributed by atoms with Crippen molar-refractivity contribution in [2.24, 2.45) is 5.92 Å². The van der Waals surface area contributed by atoms with Gasteiger partial charge < -0.3 is 15.1 Å². The number of fused-ring (bicyclic) bond motifs is 1. The van der Waals surface area contributed by atoms with Crippen LogP contribution in [0.15, 0.2) is 22.6 Å². The average Bonchev–Trinajstić information content (AvgIpc) is 3.08. The molecule has 1 aliphatic heterocycles. The van der Waals surface area contributed by atoms with Crippen LogP contribution in [0.25, 0.3) is 11.1 Å². The summed E-state index contributed by atoms with van der Waals surface area (Å²) in [6, 6.07) is 5.96. The summed E-state index contributed by atoms with van der Waals surface area (Å²) in [6.07, 6.45) is 0.244. The van der Waals surface area contributed by atoms with Crippen LogP contribution >= 0.6 is 0 Å². The second-order valence-electron chi connectivity index (χ2n) is 6.96. The standard InChI is InChI=1S/C17H21N3O3/c1-17(2,3)11-4-5-13-12(7-11)20-15(23-13)9-19-16(22)10-6-14(21)18-8-10/h4-5,7,10H,6,8-9H2,1-3H3,(H,18,21)(H,19,22). The molecule has 1 atom stereocenters. The highest BCUT2D eigenvalue weighted by Crippen LogP contribution is 2.26. The third kappa shape index (κ3) is 3.36. The minimum atomic E-state index is -0.306. The van der Waals surface area contributed by atoms with Gasteiger partial charge in [0, 0.05) is 13.0 Å². The number of nitrogens with zero attached hydrogens (tertiary/aromatic N) is 1. The Morgan fingerprint density at radius 3 is 2.87 bits per heavy atom. The molecule has 0 aliphatic carbocycles. The Bertz CT molecular complexity index is 758. The number of aromatic nitrogens is 1. The highest BCUT2D eigenvalue weighted by Gasteiger charge is 2.27. The van der Waals surface area contributed by atoms with Gasteiger partial charge in [-0.1, -0.05) is 26.8 Å². The van der Waals surface area contributed by atoms with Crippen LogP contribution in [0, 0.1) is 5.92 Å². The number of benzene rings is 1. The molecular formula is C17H21N3O3. The van der Waals surface area contributed by atoms with Crippen LogP contribution < -0.4 is 10.6 Å². The van der Waals surface area contributed by atoms with E-state index in [2.05, 4.69) is 36.4 Å². The Kier molecular flexibility index (Phi) is 3.83. The summed E-state index contributed by atoms with van der Waals surface area (Å²) >= 11 is 0. The fourth-order valence-corrected chi connectivity index (χ4v) is 2.61. The van der Waals surface area contributed by atoms with Crippen molar-refractivity contribution >= 4 is 22.9 Å². The Morgan fingerprint density at radius 1 is 1.43 bits per heavy atom. The predicted molar refractivity (Wildman–Crippen MR) is 85.7 cm³/mol. The third-order valence-electron chi connectivity index (χ3n) is 4.06. The van der Waals surface area contributed by atoms with Gasteiger partial charge in [0.2, 0.25) is 17.7 Å². The van der Waals surface area contributed by atoms with Crippen molar-refractivity contribution < 1.29 is 14.0 Å². The molecule has 1 aromatic carbocycles. The molecule has 1 fully saturated rings. The van der Waals surface area contributed by atoms with Crippen LogP contribution in [-0.4, -0.2) is 23.3 Å². The summed E-state index contributed by atoms with van der Waals surface area (Å²) in [6.45, 7) is 7.06. The van der Waals surface area contributed by atoms with Crippen molar-refractivity contribution in [1.29, 1.82) is 0 Å². The molecule has 0 spiro atoms. The zero-order valence-corrected chi connectivity index (χ0v) is 13.6. The molecule has 2 aromatic rings. The first-order valence-corrected chi connectivity index (χ1v) is 7.77. The van der Waals surface area contributed by atoms with E-state index in [1.807, 2.05) is 18.2 Å². The molecule has 23 heavy (non-hydrogen) atoms. The number of oxazole rings is 1. The molecule has 2 heterocycles. The van der Waals surface area contributed by atoms with E-state index in [0.29, 0.717) is 18.0 Å². The molecule has 6 nitrogen and oxygen atoms in total. The summed E-state index contributed by atoms with van der Waals surface area (Å²) in [4.78, 5) is 27.6. The first kappa shape index (κ1) is 15.5. The van der Waals surface area contributed by atoms with Crippen molar-refractivity contribution in [2.45, 2.75) is 39.2 Å². The maximum absolute atomic E-state index is 12.0. The Labute approximate surface area is 134 Å². The molecular weight excluding hydrogens is 294 g/mol. The van der Waals surface area contributed by atoms with E-state index in [9.17, 15) is 9.59 Å².